The first-order valence-electron chi connectivity index (χ1n) is 11.7. The molecule has 0 spiro atoms. The SMILES string of the molecule is COC(=O)c1sccc1S(=O)(=O)N1CCN(C[C@@H](OCc2cccc(Cl)c2)c2cccc(OC)c2)CC1. The van der Waals surface area contributed by atoms with E-state index in [1.165, 1.54) is 17.5 Å². The summed E-state index contributed by atoms with van der Waals surface area (Å²) in [5.74, 6) is 0.0899. The van der Waals surface area contributed by atoms with E-state index in [9.17, 15) is 13.2 Å². The van der Waals surface area contributed by atoms with Gasteiger partial charge in [-0.05, 0) is 46.8 Å². The van der Waals surface area contributed by atoms with E-state index in [-0.39, 0.29) is 15.9 Å². The molecule has 1 saturated heterocycles. The van der Waals surface area contributed by atoms with E-state index < -0.39 is 16.0 Å². The highest BCUT2D eigenvalue weighted by Gasteiger charge is 2.33. The van der Waals surface area contributed by atoms with Gasteiger partial charge in [0.25, 0.3) is 0 Å². The van der Waals surface area contributed by atoms with Crippen LogP contribution in [0.1, 0.15) is 26.9 Å². The highest BCUT2D eigenvalue weighted by Crippen LogP contribution is 2.28. The van der Waals surface area contributed by atoms with E-state index >= 15 is 0 Å². The molecule has 1 aliphatic rings. The molecule has 11 heteroatoms. The topological polar surface area (TPSA) is 85.4 Å². The van der Waals surface area contributed by atoms with Crippen LogP contribution in [0.25, 0.3) is 0 Å². The zero-order valence-corrected chi connectivity index (χ0v) is 23.0. The lowest BCUT2D eigenvalue weighted by atomic mass is 10.1. The van der Waals surface area contributed by atoms with Gasteiger partial charge in [0.1, 0.15) is 15.5 Å². The van der Waals surface area contributed by atoms with Crippen LogP contribution in [-0.2, 0) is 26.1 Å². The number of halogens is 1. The molecule has 0 radical (unpaired) electrons. The number of nitrogens with zero attached hydrogens (tertiary/aromatic N) is 2. The molecule has 1 aliphatic heterocycles. The normalized spacial score (nSPS) is 15.9. The van der Waals surface area contributed by atoms with Crippen LogP contribution < -0.4 is 4.74 Å². The van der Waals surface area contributed by atoms with Crippen molar-refractivity contribution in [3.63, 3.8) is 0 Å². The summed E-state index contributed by atoms with van der Waals surface area (Å²) in [5.41, 5.74) is 1.94. The Bertz CT molecular complexity index is 1320. The Hall–Kier alpha value is -2.47. The van der Waals surface area contributed by atoms with Gasteiger partial charge in [0.05, 0.1) is 26.9 Å². The number of hydrogen-bond donors (Lipinski definition) is 0. The zero-order valence-electron chi connectivity index (χ0n) is 20.6. The molecular formula is C26H29ClN2O6S2. The summed E-state index contributed by atoms with van der Waals surface area (Å²) in [6.45, 7) is 2.62. The summed E-state index contributed by atoms with van der Waals surface area (Å²) in [5, 5.41) is 2.24. The maximum absolute atomic E-state index is 13.3. The van der Waals surface area contributed by atoms with Crippen molar-refractivity contribution in [3.05, 3.63) is 81.0 Å². The van der Waals surface area contributed by atoms with E-state index in [0.29, 0.717) is 44.4 Å². The van der Waals surface area contributed by atoms with Crippen molar-refractivity contribution in [2.24, 2.45) is 0 Å². The van der Waals surface area contributed by atoms with Gasteiger partial charge in [0.2, 0.25) is 10.0 Å². The molecular weight excluding hydrogens is 536 g/mol. The molecule has 0 amide bonds. The number of rotatable bonds is 10. The Morgan fingerprint density at radius 1 is 1.05 bits per heavy atom. The Balaban J connectivity index is 1.45. The highest BCUT2D eigenvalue weighted by molar-refractivity contribution is 7.89. The molecule has 1 aromatic heterocycles. The molecule has 37 heavy (non-hydrogen) atoms. The van der Waals surface area contributed by atoms with Gasteiger partial charge in [-0.2, -0.15) is 4.31 Å². The van der Waals surface area contributed by atoms with Crippen molar-refractivity contribution < 1.29 is 27.4 Å². The number of ether oxygens (including phenoxy) is 3. The number of carbonyl (C=O) groups excluding carboxylic acids is 1. The lowest BCUT2D eigenvalue weighted by Gasteiger charge is -2.35. The van der Waals surface area contributed by atoms with Gasteiger partial charge in [0, 0.05) is 37.7 Å². The molecule has 0 unspecified atom stereocenters. The van der Waals surface area contributed by atoms with Gasteiger partial charge < -0.3 is 14.2 Å². The summed E-state index contributed by atoms with van der Waals surface area (Å²) < 4.78 is 44.4. The first-order valence-corrected chi connectivity index (χ1v) is 14.4. The van der Waals surface area contributed by atoms with Crippen LogP contribution in [0.2, 0.25) is 5.02 Å². The first-order chi connectivity index (χ1) is 17.8. The van der Waals surface area contributed by atoms with Gasteiger partial charge in [0.15, 0.2) is 0 Å². The van der Waals surface area contributed by atoms with Crippen LogP contribution in [0, 0.1) is 0 Å². The van der Waals surface area contributed by atoms with Crippen LogP contribution in [-0.4, -0.2) is 70.5 Å². The molecule has 0 N–H and O–H groups in total. The summed E-state index contributed by atoms with van der Waals surface area (Å²) >= 11 is 7.20. The van der Waals surface area contributed by atoms with E-state index in [2.05, 4.69) is 4.90 Å². The average molecular weight is 565 g/mol. The minimum Gasteiger partial charge on any atom is -0.497 e. The fraction of sp³-hybridized carbons (Fsp3) is 0.346. The number of carbonyl (C=O) groups is 1. The van der Waals surface area contributed by atoms with Gasteiger partial charge in [-0.3, -0.25) is 4.90 Å². The third-order valence-corrected chi connectivity index (χ3v) is 9.38. The summed E-state index contributed by atoms with van der Waals surface area (Å²) in [6, 6.07) is 16.8. The standard InChI is InChI=1S/C26H29ClN2O6S2/c1-33-22-8-4-6-20(16-22)23(35-18-19-5-3-7-21(27)15-19)17-28-10-12-29(13-11-28)37(31,32)24-9-14-36-25(24)26(30)34-2/h3-9,14-16,23H,10-13,17-18H2,1-2H3/t23-/m1/s1. The molecule has 0 bridgehead atoms. The Labute approximate surface area is 226 Å². The number of benzene rings is 2. The molecule has 3 aromatic rings. The fourth-order valence-electron chi connectivity index (χ4n) is 4.19. The molecule has 198 valence electrons. The van der Waals surface area contributed by atoms with Gasteiger partial charge in [-0.15, -0.1) is 11.3 Å². The van der Waals surface area contributed by atoms with E-state index in [1.807, 2.05) is 48.5 Å². The van der Waals surface area contributed by atoms with Gasteiger partial charge in [-0.1, -0.05) is 35.9 Å². The van der Waals surface area contributed by atoms with E-state index in [0.717, 1.165) is 28.2 Å². The number of piperazine rings is 1. The minimum absolute atomic E-state index is 0.00286. The second-order valence-electron chi connectivity index (χ2n) is 8.52. The molecule has 2 aromatic carbocycles. The lowest BCUT2D eigenvalue weighted by Crippen LogP contribution is -2.49. The third-order valence-electron chi connectivity index (χ3n) is 6.18. The van der Waals surface area contributed by atoms with Crippen LogP contribution in [0.3, 0.4) is 0 Å². The minimum atomic E-state index is -3.81. The smallest absolute Gasteiger partial charge is 0.349 e. The Morgan fingerprint density at radius 2 is 1.81 bits per heavy atom. The van der Waals surface area contributed by atoms with E-state index in [4.69, 9.17) is 25.8 Å². The quantitative estimate of drug-likeness (QED) is 0.336. The fourth-order valence-corrected chi connectivity index (χ4v) is 7.13. The number of thiophene rings is 1. The van der Waals surface area contributed by atoms with Crippen molar-refractivity contribution in [1.82, 2.24) is 9.21 Å². The summed E-state index contributed by atoms with van der Waals surface area (Å²) in [6.07, 6.45) is -0.264. The van der Waals surface area contributed by atoms with Crippen molar-refractivity contribution in [2.75, 3.05) is 46.9 Å². The predicted molar refractivity (Wildman–Crippen MR) is 143 cm³/mol. The highest BCUT2D eigenvalue weighted by atomic mass is 35.5. The molecule has 0 saturated carbocycles. The molecule has 8 nitrogen and oxygen atoms in total. The second-order valence-corrected chi connectivity index (χ2v) is 11.8. The van der Waals surface area contributed by atoms with Crippen molar-refractivity contribution in [2.45, 2.75) is 17.6 Å². The number of sulfonamides is 1. The van der Waals surface area contributed by atoms with Crippen LogP contribution in [0.15, 0.2) is 64.9 Å². The van der Waals surface area contributed by atoms with Crippen LogP contribution in [0.4, 0.5) is 0 Å². The summed E-state index contributed by atoms with van der Waals surface area (Å²) in [4.78, 5) is 14.3. The molecule has 2 heterocycles. The Morgan fingerprint density at radius 3 is 2.51 bits per heavy atom. The molecule has 4 rings (SSSR count). The predicted octanol–water partition coefficient (Wildman–Crippen LogP) is 4.46. The van der Waals surface area contributed by atoms with Gasteiger partial charge in [-0.25, -0.2) is 13.2 Å². The van der Waals surface area contributed by atoms with Crippen molar-refractivity contribution in [3.8, 4) is 5.75 Å². The maximum atomic E-state index is 13.3. The Kier molecular flexibility index (Phi) is 9.22. The van der Waals surface area contributed by atoms with Crippen molar-refractivity contribution >= 4 is 38.9 Å². The lowest BCUT2D eigenvalue weighted by molar-refractivity contribution is 0.00762. The number of methoxy groups -OCH3 is 2. The van der Waals surface area contributed by atoms with Crippen LogP contribution in [0.5, 0.6) is 5.75 Å². The molecule has 1 fully saturated rings. The molecule has 0 aliphatic carbocycles. The summed E-state index contributed by atoms with van der Waals surface area (Å²) in [7, 11) is -0.947. The van der Waals surface area contributed by atoms with Gasteiger partial charge >= 0.3 is 5.97 Å². The van der Waals surface area contributed by atoms with E-state index in [1.54, 1.807) is 12.5 Å². The zero-order chi connectivity index (χ0) is 26.4. The third kappa shape index (κ3) is 6.70. The second kappa shape index (κ2) is 12.4. The molecule has 1 atom stereocenters. The number of esters is 1. The first kappa shape index (κ1) is 27.6. The monoisotopic (exact) mass is 564 g/mol. The maximum Gasteiger partial charge on any atom is 0.349 e. The average Bonchev–Trinajstić information content (AvgIpc) is 3.42. The largest absolute Gasteiger partial charge is 0.497 e. The van der Waals surface area contributed by atoms with Crippen LogP contribution >= 0.6 is 22.9 Å². The van der Waals surface area contributed by atoms with Crippen molar-refractivity contribution in [1.29, 1.82) is 0 Å². The number of hydrogen-bond acceptors (Lipinski definition) is 8.